The van der Waals surface area contributed by atoms with Crippen LogP contribution in [0.25, 0.3) is 21.8 Å². The molecule has 2 heterocycles. The lowest BCUT2D eigenvalue weighted by Gasteiger charge is -1.94. The van der Waals surface area contributed by atoms with Crippen molar-refractivity contribution >= 4 is 33.4 Å². The minimum Gasteiger partial charge on any atom is -0.256 e. The van der Waals surface area contributed by atoms with Crippen molar-refractivity contribution in [2.75, 3.05) is 0 Å². The lowest BCUT2D eigenvalue weighted by atomic mass is 10.2. The summed E-state index contributed by atoms with van der Waals surface area (Å²) in [6, 6.07) is 23.7. The van der Waals surface area contributed by atoms with Crippen molar-refractivity contribution in [2.24, 2.45) is 0 Å². The molecule has 0 bridgehead atoms. The minimum absolute atomic E-state index is 0.545. The van der Waals surface area contributed by atoms with Crippen LogP contribution in [0.2, 0.25) is 5.15 Å². The molecule has 2 nitrogen and oxygen atoms in total. The smallest absolute Gasteiger partial charge is 0.129 e. The Morgan fingerprint density at radius 1 is 0.619 bits per heavy atom. The highest BCUT2D eigenvalue weighted by molar-refractivity contribution is 6.29. The lowest BCUT2D eigenvalue weighted by molar-refractivity contribution is 1.41. The molecule has 0 spiro atoms. The van der Waals surface area contributed by atoms with E-state index in [4.69, 9.17) is 11.6 Å². The first-order valence-electron chi connectivity index (χ1n) is 6.64. The largest absolute Gasteiger partial charge is 0.256 e. The first-order valence-corrected chi connectivity index (χ1v) is 7.02. The maximum Gasteiger partial charge on any atom is 0.129 e. The maximum atomic E-state index is 5.71. The summed E-state index contributed by atoms with van der Waals surface area (Å²) in [6.45, 7) is 0. The van der Waals surface area contributed by atoms with Crippen LogP contribution in [-0.2, 0) is 0 Å². The maximum absolute atomic E-state index is 5.71. The average molecular weight is 293 g/mol. The highest BCUT2D eigenvalue weighted by atomic mass is 35.5. The molecular formula is C18H13ClN2. The quantitative estimate of drug-likeness (QED) is 0.420. The van der Waals surface area contributed by atoms with E-state index < -0.39 is 0 Å². The van der Waals surface area contributed by atoms with Gasteiger partial charge in [-0.05, 0) is 30.3 Å². The number of nitrogens with zero attached hydrogens (tertiary/aromatic N) is 2. The van der Waals surface area contributed by atoms with Gasteiger partial charge in [0.2, 0.25) is 0 Å². The van der Waals surface area contributed by atoms with Gasteiger partial charge in [-0.1, -0.05) is 54.1 Å². The molecular weight excluding hydrogens is 280 g/mol. The number of aromatic nitrogens is 2. The lowest BCUT2D eigenvalue weighted by Crippen LogP contribution is -1.76. The van der Waals surface area contributed by atoms with Crippen molar-refractivity contribution < 1.29 is 0 Å². The first kappa shape index (κ1) is 13.5. The van der Waals surface area contributed by atoms with Crippen LogP contribution in [0, 0.1) is 0 Å². The third-order valence-corrected chi connectivity index (χ3v) is 3.29. The van der Waals surface area contributed by atoms with Gasteiger partial charge in [-0.15, -0.1) is 0 Å². The van der Waals surface area contributed by atoms with Crippen molar-refractivity contribution in [3.8, 4) is 0 Å². The van der Waals surface area contributed by atoms with E-state index in [1.54, 1.807) is 6.07 Å². The normalized spacial score (nSPS) is 10.1. The molecule has 0 fully saturated rings. The molecule has 0 aliphatic carbocycles. The van der Waals surface area contributed by atoms with Gasteiger partial charge in [-0.2, -0.15) is 0 Å². The number of para-hydroxylation sites is 2. The number of hydrogen-bond donors (Lipinski definition) is 0. The molecule has 0 amide bonds. The summed E-state index contributed by atoms with van der Waals surface area (Å²) in [5.74, 6) is 0. The van der Waals surface area contributed by atoms with Gasteiger partial charge in [0.25, 0.3) is 0 Å². The third-order valence-electron chi connectivity index (χ3n) is 3.08. The molecule has 0 radical (unpaired) electrons. The fourth-order valence-electron chi connectivity index (χ4n) is 2.06. The van der Waals surface area contributed by atoms with Crippen LogP contribution in [-0.4, -0.2) is 9.97 Å². The predicted molar refractivity (Wildman–Crippen MR) is 88.5 cm³/mol. The van der Waals surface area contributed by atoms with Crippen molar-refractivity contribution in [1.29, 1.82) is 0 Å². The number of hydrogen-bond acceptors (Lipinski definition) is 2. The van der Waals surface area contributed by atoms with Crippen LogP contribution in [0.1, 0.15) is 0 Å². The molecule has 0 saturated carbocycles. The Labute approximate surface area is 128 Å². The van der Waals surface area contributed by atoms with Gasteiger partial charge in [0, 0.05) is 17.0 Å². The second kappa shape index (κ2) is 6.33. The molecule has 3 heteroatoms. The number of fused-ring (bicyclic) bond motifs is 2. The number of rotatable bonds is 0. The van der Waals surface area contributed by atoms with Gasteiger partial charge in [0.1, 0.15) is 5.15 Å². The molecule has 2 aromatic carbocycles. The van der Waals surface area contributed by atoms with Gasteiger partial charge < -0.3 is 0 Å². The van der Waals surface area contributed by atoms with E-state index in [0.717, 1.165) is 16.4 Å². The molecule has 0 aliphatic heterocycles. The Hall–Kier alpha value is -2.45. The topological polar surface area (TPSA) is 25.8 Å². The SMILES string of the molecule is Clc1ccc2ccccc2n1.c1ccc2ncccc2c1. The van der Waals surface area contributed by atoms with E-state index in [-0.39, 0.29) is 0 Å². The van der Waals surface area contributed by atoms with Crippen LogP contribution in [0.5, 0.6) is 0 Å². The van der Waals surface area contributed by atoms with Gasteiger partial charge in [-0.3, -0.25) is 4.98 Å². The van der Waals surface area contributed by atoms with Crippen LogP contribution >= 0.6 is 11.6 Å². The van der Waals surface area contributed by atoms with Crippen molar-refractivity contribution in [3.05, 3.63) is 84.1 Å². The number of benzene rings is 2. The monoisotopic (exact) mass is 292 g/mol. The van der Waals surface area contributed by atoms with Crippen molar-refractivity contribution in [2.45, 2.75) is 0 Å². The van der Waals surface area contributed by atoms with Gasteiger partial charge >= 0.3 is 0 Å². The Morgan fingerprint density at radius 3 is 2.00 bits per heavy atom. The molecule has 21 heavy (non-hydrogen) atoms. The van der Waals surface area contributed by atoms with Crippen molar-refractivity contribution in [1.82, 2.24) is 9.97 Å². The molecule has 0 saturated heterocycles. The minimum atomic E-state index is 0.545. The molecule has 0 aliphatic rings. The zero-order valence-electron chi connectivity index (χ0n) is 11.3. The predicted octanol–water partition coefficient (Wildman–Crippen LogP) is 5.12. The van der Waals surface area contributed by atoms with Gasteiger partial charge in [0.15, 0.2) is 0 Å². The van der Waals surface area contributed by atoms with Crippen LogP contribution < -0.4 is 0 Å². The van der Waals surface area contributed by atoms with E-state index in [0.29, 0.717) is 5.15 Å². The van der Waals surface area contributed by atoms with E-state index in [9.17, 15) is 0 Å². The highest BCUT2D eigenvalue weighted by Gasteiger charge is 1.92. The second-order valence-corrected chi connectivity index (χ2v) is 4.91. The van der Waals surface area contributed by atoms with Gasteiger partial charge in [0.05, 0.1) is 11.0 Å². The zero-order valence-corrected chi connectivity index (χ0v) is 12.0. The molecule has 0 atom stereocenters. The van der Waals surface area contributed by atoms with Crippen LogP contribution in [0.3, 0.4) is 0 Å². The average Bonchev–Trinajstić information content (AvgIpc) is 2.55. The van der Waals surface area contributed by atoms with Gasteiger partial charge in [-0.25, -0.2) is 4.98 Å². The Kier molecular flexibility index (Phi) is 4.08. The molecule has 4 rings (SSSR count). The number of halogens is 1. The summed E-state index contributed by atoms with van der Waals surface area (Å²) in [4.78, 5) is 8.32. The van der Waals surface area contributed by atoms with Crippen molar-refractivity contribution in [3.63, 3.8) is 0 Å². The highest BCUT2D eigenvalue weighted by Crippen LogP contribution is 2.13. The summed E-state index contributed by atoms with van der Waals surface area (Å²) in [5.41, 5.74) is 2.00. The summed E-state index contributed by atoms with van der Waals surface area (Å²) in [7, 11) is 0. The summed E-state index contributed by atoms with van der Waals surface area (Å²) >= 11 is 5.71. The molecule has 102 valence electrons. The Balaban J connectivity index is 0.000000126. The van der Waals surface area contributed by atoms with E-state index >= 15 is 0 Å². The summed E-state index contributed by atoms with van der Waals surface area (Å²) in [6.07, 6.45) is 1.81. The zero-order chi connectivity index (χ0) is 14.5. The van der Waals surface area contributed by atoms with Crippen LogP contribution in [0.4, 0.5) is 0 Å². The first-order chi connectivity index (χ1) is 10.3. The molecule has 4 aromatic rings. The molecule has 0 N–H and O–H groups in total. The van der Waals surface area contributed by atoms with E-state index in [1.165, 1.54) is 5.39 Å². The summed E-state index contributed by atoms with van der Waals surface area (Å²) < 4.78 is 0. The van der Waals surface area contributed by atoms with E-state index in [2.05, 4.69) is 22.1 Å². The van der Waals surface area contributed by atoms with Crippen LogP contribution in [0.15, 0.2) is 79.0 Å². The molecule has 2 aromatic heterocycles. The standard InChI is InChI=1S/C9H6ClN.C9H7N/c10-9-6-5-7-3-1-2-4-8(7)11-9;1-2-6-9-8(4-1)5-3-7-10-9/h1-6H;1-7H. The fraction of sp³-hybridized carbons (Fsp3) is 0. The second-order valence-electron chi connectivity index (χ2n) is 4.52. The molecule has 0 unspecified atom stereocenters. The Morgan fingerprint density at radius 2 is 1.24 bits per heavy atom. The third kappa shape index (κ3) is 3.36. The number of pyridine rings is 2. The summed E-state index contributed by atoms with van der Waals surface area (Å²) in [5, 5.41) is 2.87. The fourth-order valence-corrected chi connectivity index (χ4v) is 2.21. The Bertz CT molecular complexity index is 809. The van der Waals surface area contributed by atoms with E-state index in [1.807, 2.05) is 60.8 Å².